The summed E-state index contributed by atoms with van der Waals surface area (Å²) < 4.78 is 12.8. The van der Waals surface area contributed by atoms with Gasteiger partial charge in [-0.05, 0) is 42.8 Å². The molecule has 0 saturated carbocycles. The van der Waals surface area contributed by atoms with Crippen molar-refractivity contribution in [3.63, 3.8) is 0 Å². The van der Waals surface area contributed by atoms with E-state index in [1.54, 1.807) is 55.0 Å². The number of imidazole rings is 1. The van der Waals surface area contributed by atoms with E-state index in [0.717, 1.165) is 0 Å². The van der Waals surface area contributed by atoms with Crippen LogP contribution in [0.25, 0.3) is 5.76 Å². The van der Waals surface area contributed by atoms with E-state index in [-0.39, 0.29) is 11.3 Å². The van der Waals surface area contributed by atoms with Gasteiger partial charge in [-0.2, -0.15) is 0 Å². The smallest absolute Gasteiger partial charge is 0.295 e. The number of methoxy groups -OCH3 is 2. The summed E-state index contributed by atoms with van der Waals surface area (Å²) in [7, 11) is 3.04. The molecule has 0 bridgehead atoms. The lowest BCUT2D eigenvalue weighted by Gasteiger charge is -2.27. The second-order valence-electron chi connectivity index (χ2n) is 7.76. The number of Topliss-reactive ketones (excluding diaryl/α,β-unsaturated/α-hetero) is 1. The largest absolute Gasteiger partial charge is 0.507 e. The van der Waals surface area contributed by atoms with Crippen LogP contribution in [0.2, 0.25) is 5.02 Å². The number of benzene rings is 2. The number of ether oxygens (including phenoxy) is 2. The predicted octanol–water partition coefficient (Wildman–Crippen LogP) is 4.07. The maximum absolute atomic E-state index is 13.2. The van der Waals surface area contributed by atoms with Gasteiger partial charge in [-0.3, -0.25) is 9.59 Å². The van der Waals surface area contributed by atoms with Crippen molar-refractivity contribution in [2.75, 3.05) is 20.8 Å². The van der Waals surface area contributed by atoms with Crippen LogP contribution in [-0.2, 0) is 16.1 Å². The molecule has 0 spiro atoms. The Balaban J connectivity index is 1.79. The van der Waals surface area contributed by atoms with Crippen LogP contribution in [0.5, 0.6) is 11.5 Å². The van der Waals surface area contributed by atoms with Gasteiger partial charge in [0.2, 0.25) is 0 Å². The zero-order valence-corrected chi connectivity index (χ0v) is 19.5. The van der Waals surface area contributed by atoms with Crippen LogP contribution in [0, 0.1) is 0 Å². The quantitative estimate of drug-likeness (QED) is 0.296. The highest BCUT2D eigenvalue weighted by Gasteiger charge is 2.46. The van der Waals surface area contributed by atoms with Gasteiger partial charge in [0, 0.05) is 47.7 Å². The first kappa shape index (κ1) is 23.4. The number of hydrogen-bond donors (Lipinski definition) is 1. The van der Waals surface area contributed by atoms with Gasteiger partial charge < -0.3 is 24.0 Å². The van der Waals surface area contributed by atoms with E-state index in [0.29, 0.717) is 47.2 Å². The number of aliphatic hydroxyl groups is 1. The van der Waals surface area contributed by atoms with Crippen LogP contribution >= 0.6 is 11.6 Å². The molecule has 1 saturated heterocycles. The second kappa shape index (κ2) is 10.0. The van der Waals surface area contributed by atoms with Gasteiger partial charge in [0.25, 0.3) is 11.7 Å². The normalized spacial score (nSPS) is 17.3. The summed E-state index contributed by atoms with van der Waals surface area (Å²) in [6.07, 6.45) is 5.79. The molecular weight excluding hydrogens is 458 g/mol. The Morgan fingerprint density at radius 1 is 1.09 bits per heavy atom. The molecule has 1 aliphatic rings. The van der Waals surface area contributed by atoms with Crippen LogP contribution in [-0.4, -0.2) is 52.0 Å². The first-order chi connectivity index (χ1) is 16.4. The van der Waals surface area contributed by atoms with Crippen molar-refractivity contribution in [1.29, 1.82) is 0 Å². The number of halogens is 1. The van der Waals surface area contributed by atoms with Gasteiger partial charge in [-0.1, -0.05) is 11.6 Å². The minimum atomic E-state index is -0.834. The highest BCUT2D eigenvalue weighted by molar-refractivity contribution is 6.46. The number of rotatable bonds is 8. The summed E-state index contributed by atoms with van der Waals surface area (Å²) in [5.74, 6) is -0.694. The summed E-state index contributed by atoms with van der Waals surface area (Å²) in [6.45, 7) is 0.909. The molecule has 4 rings (SSSR count). The Morgan fingerprint density at radius 3 is 2.50 bits per heavy atom. The highest BCUT2D eigenvalue weighted by Crippen LogP contribution is 2.43. The maximum Gasteiger partial charge on any atom is 0.295 e. The number of aryl methyl sites for hydroxylation is 1. The predicted molar refractivity (Wildman–Crippen MR) is 127 cm³/mol. The summed E-state index contributed by atoms with van der Waals surface area (Å²) in [5, 5.41) is 11.6. The van der Waals surface area contributed by atoms with Crippen molar-refractivity contribution in [1.82, 2.24) is 14.5 Å². The van der Waals surface area contributed by atoms with Crippen molar-refractivity contribution < 1.29 is 24.2 Å². The molecule has 0 unspecified atom stereocenters. The molecule has 2 heterocycles. The van der Waals surface area contributed by atoms with Crippen molar-refractivity contribution in [2.45, 2.75) is 19.0 Å². The van der Waals surface area contributed by atoms with Crippen molar-refractivity contribution >= 4 is 29.1 Å². The topological polar surface area (TPSA) is 93.9 Å². The van der Waals surface area contributed by atoms with Crippen molar-refractivity contribution in [3.05, 3.63) is 82.9 Å². The molecule has 1 aromatic heterocycles. The molecule has 34 heavy (non-hydrogen) atoms. The zero-order chi connectivity index (χ0) is 24.2. The number of likely N-dealkylation sites (tertiary alicyclic amines) is 1. The molecule has 3 aromatic rings. The van der Waals surface area contributed by atoms with Gasteiger partial charge in [-0.15, -0.1) is 0 Å². The first-order valence-electron chi connectivity index (χ1n) is 10.7. The third kappa shape index (κ3) is 4.49. The number of aromatic nitrogens is 2. The number of ketones is 1. The molecule has 1 amide bonds. The second-order valence-corrected chi connectivity index (χ2v) is 8.20. The SMILES string of the molecule is COc1ccc([C@H]2C(=C(O)c3ccc(Cl)cc3)C(=O)C(=O)N2CCCn2ccnc2)c(OC)c1. The first-order valence-corrected chi connectivity index (χ1v) is 11.0. The maximum atomic E-state index is 13.2. The Bertz CT molecular complexity index is 1220. The van der Waals surface area contributed by atoms with Crippen LogP contribution in [0.15, 0.2) is 66.8 Å². The van der Waals surface area contributed by atoms with Crippen molar-refractivity contribution in [2.24, 2.45) is 0 Å². The third-order valence-electron chi connectivity index (χ3n) is 5.77. The van der Waals surface area contributed by atoms with Gasteiger partial charge in [-0.25, -0.2) is 4.98 Å². The number of carbonyl (C=O) groups is 2. The number of amides is 1. The molecule has 9 heteroatoms. The molecule has 1 atom stereocenters. The fraction of sp³-hybridized carbons (Fsp3) is 0.240. The third-order valence-corrected chi connectivity index (χ3v) is 6.02. The number of aliphatic hydroxyl groups excluding tert-OH is 1. The average Bonchev–Trinajstić information content (AvgIpc) is 3.46. The molecule has 176 valence electrons. The van der Waals surface area contributed by atoms with Gasteiger partial charge >= 0.3 is 0 Å². The molecular formula is C25H24ClN3O5. The molecule has 1 aliphatic heterocycles. The van der Waals surface area contributed by atoms with Crippen LogP contribution in [0.4, 0.5) is 0 Å². The standard InChI is InChI=1S/C25H24ClN3O5/c1-33-18-8-9-19(20(14-18)34-2)22-21(23(30)16-4-6-17(26)7-5-16)24(31)25(32)29(22)12-3-11-28-13-10-27-15-28/h4-10,13-15,22,30H,3,11-12H2,1-2H3/t22-/m0/s1. The van der Waals surface area contributed by atoms with Crippen LogP contribution < -0.4 is 9.47 Å². The van der Waals surface area contributed by atoms with E-state index in [9.17, 15) is 14.7 Å². The Hall–Kier alpha value is -3.78. The summed E-state index contributed by atoms with van der Waals surface area (Å²) in [5.41, 5.74) is 0.956. The monoisotopic (exact) mass is 481 g/mol. The lowest BCUT2D eigenvalue weighted by Crippen LogP contribution is -2.31. The average molecular weight is 482 g/mol. The van der Waals surface area contributed by atoms with E-state index in [2.05, 4.69) is 4.98 Å². The van der Waals surface area contributed by atoms with Crippen molar-refractivity contribution in [3.8, 4) is 11.5 Å². The van der Waals surface area contributed by atoms with Crippen LogP contribution in [0.1, 0.15) is 23.6 Å². The molecule has 8 nitrogen and oxygen atoms in total. The Morgan fingerprint density at radius 2 is 1.85 bits per heavy atom. The Labute approximate surface area is 202 Å². The molecule has 1 fully saturated rings. The lowest BCUT2D eigenvalue weighted by molar-refractivity contribution is -0.140. The van der Waals surface area contributed by atoms with E-state index < -0.39 is 17.7 Å². The minimum Gasteiger partial charge on any atom is -0.507 e. The number of hydrogen-bond acceptors (Lipinski definition) is 6. The zero-order valence-electron chi connectivity index (χ0n) is 18.8. The Kier molecular flexibility index (Phi) is 6.88. The van der Waals surface area contributed by atoms with E-state index in [1.807, 2.05) is 10.8 Å². The fourth-order valence-corrected chi connectivity index (χ4v) is 4.21. The molecule has 0 radical (unpaired) electrons. The summed E-state index contributed by atoms with van der Waals surface area (Å²) >= 11 is 5.98. The highest BCUT2D eigenvalue weighted by atomic mass is 35.5. The van der Waals surface area contributed by atoms with Gasteiger partial charge in [0.1, 0.15) is 17.3 Å². The summed E-state index contributed by atoms with van der Waals surface area (Å²) in [6, 6.07) is 10.8. The molecule has 0 aliphatic carbocycles. The van der Waals surface area contributed by atoms with Crippen LogP contribution in [0.3, 0.4) is 0 Å². The molecule has 1 N–H and O–H groups in total. The van der Waals surface area contributed by atoms with E-state index in [1.165, 1.54) is 19.1 Å². The minimum absolute atomic E-state index is 0.00146. The number of carbonyl (C=O) groups excluding carboxylic acids is 2. The lowest BCUT2D eigenvalue weighted by atomic mass is 9.94. The van der Waals surface area contributed by atoms with Gasteiger partial charge in [0.05, 0.1) is 32.2 Å². The molecule has 2 aromatic carbocycles. The number of nitrogens with zero attached hydrogens (tertiary/aromatic N) is 3. The van der Waals surface area contributed by atoms with E-state index >= 15 is 0 Å². The summed E-state index contributed by atoms with van der Waals surface area (Å²) in [4.78, 5) is 31.8. The fourth-order valence-electron chi connectivity index (χ4n) is 4.08. The van der Waals surface area contributed by atoms with Gasteiger partial charge in [0.15, 0.2) is 0 Å². The van der Waals surface area contributed by atoms with E-state index in [4.69, 9.17) is 21.1 Å².